The second-order valence-corrected chi connectivity index (χ2v) is 7.07. The molecule has 4 N–H and O–H groups in total. The standard InChI is InChI=1S/C17H27N7/c18-17-22-15(14-16(23-17)21-11-20-14)19-9-8-13-7-3-4-10-24(13)12-5-1-2-6-12/h11-13H,1-10H2,(H4,18,19,20,21,22,23). The van der Waals surface area contributed by atoms with Crippen molar-refractivity contribution < 1.29 is 0 Å². The van der Waals surface area contributed by atoms with Gasteiger partial charge in [0.2, 0.25) is 5.95 Å². The molecule has 3 heterocycles. The van der Waals surface area contributed by atoms with E-state index in [1.807, 2.05) is 0 Å². The summed E-state index contributed by atoms with van der Waals surface area (Å²) in [5.41, 5.74) is 7.23. The molecule has 1 aliphatic heterocycles. The van der Waals surface area contributed by atoms with Gasteiger partial charge in [0.25, 0.3) is 0 Å². The topological polar surface area (TPSA) is 95.8 Å². The number of hydrogen-bond acceptors (Lipinski definition) is 6. The molecule has 4 rings (SSSR count). The molecule has 1 saturated heterocycles. The van der Waals surface area contributed by atoms with Gasteiger partial charge in [0.05, 0.1) is 6.33 Å². The number of nitrogens with zero attached hydrogens (tertiary/aromatic N) is 4. The molecule has 0 aromatic carbocycles. The van der Waals surface area contributed by atoms with Gasteiger partial charge in [0.15, 0.2) is 11.5 Å². The number of fused-ring (bicyclic) bond motifs is 1. The summed E-state index contributed by atoms with van der Waals surface area (Å²) in [6.45, 7) is 2.18. The van der Waals surface area contributed by atoms with E-state index in [4.69, 9.17) is 5.73 Å². The number of imidazole rings is 1. The fourth-order valence-electron chi connectivity index (χ4n) is 4.38. The number of anilines is 2. The van der Waals surface area contributed by atoms with Crippen LogP contribution < -0.4 is 11.1 Å². The van der Waals surface area contributed by atoms with Gasteiger partial charge >= 0.3 is 0 Å². The Morgan fingerprint density at radius 3 is 2.88 bits per heavy atom. The average Bonchev–Trinajstić information content (AvgIpc) is 3.26. The molecular weight excluding hydrogens is 302 g/mol. The second-order valence-electron chi connectivity index (χ2n) is 7.07. The van der Waals surface area contributed by atoms with Crippen molar-refractivity contribution in [3.05, 3.63) is 6.33 Å². The number of likely N-dealkylation sites (tertiary alicyclic amines) is 1. The van der Waals surface area contributed by atoms with E-state index in [9.17, 15) is 0 Å². The third kappa shape index (κ3) is 3.17. The molecule has 1 aliphatic carbocycles. The number of aromatic nitrogens is 4. The van der Waals surface area contributed by atoms with Crippen molar-refractivity contribution in [3.63, 3.8) is 0 Å². The van der Waals surface area contributed by atoms with E-state index >= 15 is 0 Å². The van der Waals surface area contributed by atoms with Crippen LogP contribution in [0.25, 0.3) is 11.2 Å². The lowest BCUT2D eigenvalue weighted by Crippen LogP contribution is -2.45. The summed E-state index contributed by atoms with van der Waals surface area (Å²) in [6.07, 6.45) is 12.4. The van der Waals surface area contributed by atoms with Crippen molar-refractivity contribution in [2.45, 2.75) is 63.5 Å². The molecule has 1 atom stereocenters. The normalized spacial score (nSPS) is 23.1. The SMILES string of the molecule is Nc1nc(NCCC2CCCCN2C2CCCC2)c2[nH]cnc2n1. The van der Waals surface area contributed by atoms with Gasteiger partial charge < -0.3 is 16.0 Å². The van der Waals surface area contributed by atoms with Gasteiger partial charge in [-0.05, 0) is 38.6 Å². The number of aromatic amines is 1. The molecule has 1 unspecified atom stereocenters. The fourth-order valence-corrected chi connectivity index (χ4v) is 4.38. The summed E-state index contributed by atoms with van der Waals surface area (Å²) >= 11 is 0. The Balaban J connectivity index is 1.39. The first-order valence-electron chi connectivity index (χ1n) is 9.27. The van der Waals surface area contributed by atoms with E-state index in [0.717, 1.165) is 30.3 Å². The number of rotatable bonds is 5. The molecule has 0 bridgehead atoms. The van der Waals surface area contributed by atoms with Gasteiger partial charge in [-0.2, -0.15) is 9.97 Å². The fraction of sp³-hybridized carbons (Fsp3) is 0.706. The highest BCUT2D eigenvalue weighted by molar-refractivity contribution is 5.83. The van der Waals surface area contributed by atoms with Crippen molar-refractivity contribution in [1.29, 1.82) is 0 Å². The maximum absolute atomic E-state index is 5.78. The van der Waals surface area contributed by atoms with Crippen molar-refractivity contribution in [2.24, 2.45) is 0 Å². The molecule has 24 heavy (non-hydrogen) atoms. The molecule has 2 fully saturated rings. The summed E-state index contributed by atoms with van der Waals surface area (Å²) < 4.78 is 0. The van der Waals surface area contributed by atoms with Crippen LogP contribution in [0.3, 0.4) is 0 Å². The number of nitrogens with two attached hydrogens (primary N) is 1. The summed E-state index contributed by atoms with van der Waals surface area (Å²) in [5, 5.41) is 3.44. The van der Waals surface area contributed by atoms with Gasteiger partial charge in [-0.3, -0.25) is 4.90 Å². The van der Waals surface area contributed by atoms with Crippen LogP contribution in [0.4, 0.5) is 11.8 Å². The summed E-state index contributed by atoms with van der Waals surface area (Å²) in [5.74, 6) is 1.03. The minimum Gasteiger partial charge on any atom is -0.368 e. The van der Waals surface area contributed by atoms with Gasteiger partial charge in [-0.1, -0.05) is 19.3 Å². The highest BCUT2D eigenvalue weighted by atomic mass is 15.2. The summed E-state index contributed by atoms with van der Waals surface area (Å²) in [6, 6.07) is 1.52. The maximum atomic E-state index is 5.78. The van der Waals surface area contributed by atoms with Crippen LogP contribution in [0.15, 0.2) is 6.33 Å². The highest BCUT2D eigenvalue weighted by Crippen LogP contribution is 2.30. The molecule has 130 valence electrons. The molecule has 0 spiro atoms. The zero-order valence-electron chi connectivity index (χ0n) is 14.2. The van der Waals surface area contributed by atoms with E-state index < -0.39 is 0 Å². The minimum absolute atomic E-state index is 0.266. The summed E-state index contributed by atoms with van der Waals surface area (Å²) in [7, 11) is 0. The molecule has 7 nitrogen and oxygen atoms in total. The first-order chi connectivity index (χ1) is 11.8. The molecule has 2 aliphatic rings. The largest absolute Gasteiger partial charge is 0.368 e. The average molecular weight is 329 g/mol. The van der Waals surface area contributed by atoms with Crippen LogP contribution in [0, 0.1) is 0 Å². The minimum atomic E-state index is 0.266. The first kappa shape index (κ1) is 15.6. The first-order valence-corrected chi connectivity index (χ1v) is 9.27. The van der Waals surface area contributed by atoms with Crippen molar-refractivity contribution in [3.8, 4) is 0 Å². The van der Waals surface area contributed by atoms with Crippen LogP contribution in [0.2, 0.25) is 0 Å². The lowest BCUT2D eigenvalue weighted by atomic mass is 9.96. The molecular formula is C17H27N7. The highest BCUT2D eigenvalue weighted by Gasteiger charge is 2.30. The predicted molar refractivity (Wildman–Crippen MR) is 95.8 cm³/mol. The Kier molecular flexibility index (Phi) is 4.51. The maximum Gasteiger partial charge on any atom is 0.224 e. The zero-order valence-corrected chi connectivity index (χ0v) is 14.2. The zero-order chi connectivity index (χ0) is 16.4. The molecule has 2 aromatic rings. The van der Waals surface area contributed by atoms with E-state index in [0.29, 0.717) is 11.7 Å². The quantitative estimate of drug-likeness (QED) is 0.780. The lowest BCUT2D eigenvalue weighted by molar-refractivity contribution is 0.0933. The van der Waals surface area contributed by atoms with Gasteiger partial charge in [0, 0.05) is 18.6 Å². The van der Waals surface area contributed by atoms with Crippen molar-refractivity contribution >= 4 is 22.9 Å². The molecule has 0 amide bonds. The van der Waals surface area contributed by atoms with E-state index in [1.165, 1.54) is 51.5 Å². The monoisotopic (exact) mass is 329 g/mol. The number of piperidine rings is 1. The van der Waals surface area contributed by atoms with Crippen LogP contribution in [-0.4, -0.2) is 50.0 Å². The van der Waals surface area contributed by atoms with Crippen LogP contribution in [0.1, 0.15) is 51.4 Å². The van der Waals surface area contributed by atoms with Crippen molar-refractivity contribution in [1.82, 2.24) is 24.8 Å². The second kappa shape index (κ2) is 6.93. The Morgan fingerprint density at radius 1 is 1.17 bits per heavy atom. The van der Waals surface area contributed by atoms with Crippen molar-refractivity contribution in [2.75, 3.05) is 24.1 Å². The Bertz CT molecular complexity index is 677. The number of nitrogen functional groups attached to an aromatic ring is 1. The molecule has 0 radical (unpaired) electrons. The predicted octanol–water partition coefficient (Wildman–Crippen LogP) is 2.53. The Labute approximate surface area is 142 Å². The third-order valence-electron chi connectivity index (χ3n) is 5.54. The lowest BCUT2D eigenvalue weighted by Gasteiger charge is -2.40. The van der Waals surface area contributed by atoms with Crippen LogP contribution in [-0.2, 0) is 0 Å². The molecule has 7 heteroatoms. The number of hydrogen-bond donors (Lipinski definition) is 3. The number of H-pyrrole nitrogens is 1. The number of nitrogens with one attached hydrogen (secondary N) is 2. The van der Waals surface area contributed by atoms with E-state index in [1.54, 1.807) is 6.33 Å². The van der Waals surface area contributed by atoms with Gasteiger partial charge in [-0.15, -0.1) is 0 Å². The Morgan fingerprint density at radius 2 is 2.00 bits per heavy atom. The molecule has 1 saturated carbocycles. The summed E-state index contributed by atoms with van der Waals surface area (Å²) in [4.78, 5) is 18.5. The Hall–Kier alpha value is -1.89. The van der Waals surface area contributed by atoms with Crippen LogP contribution in [0.5, 0.6) is 0 Å². The molecule has 2 aromatic heterocycles. The smallest absolute Gasteiger partial charge is 0.224 e. The van der Waals surface area contributed by atoms with Gasteiger partial charge in [0.1, 0.15) is 5.52 Å². The van der Waals surface area contributed by atoms with E-state index in [-0.39, 0.29) is 5.95 Å². The van der Waals surface area contributed by atoms with Crippen LogP contribution >= 0.6 is 0 Å². The third-order valence-corrected chi connectivity index (χ3v) is 5.54. The van der Waals surface area contributed by atoms with E-state index in [2.05, 4.69) is 30.2 Å². The van der Waals surface area contributed by atoms with Gasteiger partial charge in [-0.25, -0.2) is 4.98 Å².